The fourth-order valence-electron chi connectivity index (χ4n) is 2.77. The Morgan fingerprint density at radius 2 is 1.82 bits per heavy atom. The molecule has 4 rings (SSSR count). The number of hydrogen-bond acceptors (Lipinski definition) is 8. The van der Waals surface area contributed by atoms with Crippen LogP contribution in [0.5, 0.6) is 5.75 Å². The maximum Gasteiger partial charge on any atom is 0.248 e. The van der Waals surface area contributed by atoms with Crippen LogP contribution in [0.3, 0.4) is 0 Å². The van der Waals surface area contributed by atoms with Crippen LogP contribution in [0.25, 0.3) is 0 Å². The smallest absolute Gasteiger partial charge is 0.248 e. The maximum absolute atomic E-state index is 12.4. The maximum atomic E-state index is 12.4. The van der Waals surface area contributed by atoms with E-state index in [-0.39, 0.29) is 24.6 Å². The highest BCUT2D eigenvalue weighted by molar-refractivity contribution is 7.89. The van der Waals surface area contributed by atoms with E-state index in [4.69, 9.17) is 9.15 Å². The highest BCUT2D eigenvalue weighted by atomic mass is 32.2. The number of aromatic nitrogens is 4. The van der Waals surface area contributed by atoms with Gasteiger partial charge in [0.15, 0.2) is 6.61 Å². The van der Waals surface area contributed by atoms with Crippen molar-refractivity contribution in [1.82, 2.24) is 24.9 Å². The molecule has 170 valence electrons. The lowest BCUT2D eigenvalue weighted by atomic mass is 10.3. The molecule has 0 saturated heterocycles. The number of nitrogens with one attached hydrogen (secondary N) is 2. The van der Waals surface area contributed by atoms with Crippen molar-refractivity contribution in [2.75, 3.05) is 5.32 Å². The van der Waals surface area contributed by atoms with Crippen LogP contribution >= 0.6 is 0 Å². The first-order valence-electron chi connectivity index (χ1n) is 9.84. The predicted octanol–water partition coefficient (Wildman–Crippen LogP) is 1.96. The number of benzene rings is 2. The van der Waals surface area contributed by atoms with Crippen LogP contribution in [0.15, 0.2) is 82.3 Å². The lowest BCUT2D eigenvalue weighted by molar-refractivity contribution is -0.117. The number of rotatable bonds is 10. The summed E-state index contributed by atoms with van der Waals surface area (Å²) in [6, 6.07) is 18.3. The van der Waals surface area contributed by atoms with E-state index in [0.717, 1.165) is 4.80 Å². The van der Waals surface area contributed by atoms with Crippen molar-refractivity contribution in [3.05, 3.63) is 84.6 Å². The molecular formula is C21H20N6O5S. The summed E-state index contributed by atoms with van der Waals surface area (Å²) < 4.78 is 37.8. The van der Waals surface area contributed by atoms with Gasteiger partial charge in [-0.3, -0.25) is 4.79 Å². The second-order valence-electron chi connectivity index (χ2n) is 6.81. The van der Waals surface area contributed by atoms with Gasteiger partial charge in [-0.15, -0.1) is 10.2 Å². The Kier molecular flexibility index (Phi) is 6.76. The van der Waals surface area contributed by atoms with E-state index in [1.165, 1.54) is 30.5 Å². The third-order valence-corrected chi connectivity index (χ3v) is 5.77. The number of carbonyl (C=O) groups is 1. The molecular weight excluding hydrogens is 448 g/mol. The molecule has 0 aliphatic rings. The van der Waals surface area contributed by atoms with Crippen molar-refractivity contribution in [1.29, 1.82) is 0 Å². The minimum Gasteiger partial charge on any atom is -0.485 e. The molecule has 4 aromatic rings. The second kappa shape index (κ2) is 10.1. The van der Waals surface area contributed by atoms with Crippen LogP contribution in [-0.4, -0.2) is 34.5 Å². The monoisotopic (exact) mass is 468 g/mol. The third-order valence-electron chi connectivity index (χ3n) is 4.36. The van der Waals surface area contributed by atoms with Crippen LogP contribution in [0.2, 0.25) is 0 Å². The zero-order valence-electron chi connectivity index (χ0n) is 17.3. The van der Waals surface area contributed by atoms with Gasteiger partial charge in [0.2, 0.25) is 21.8 Å². The molecule has 11 nitrogen and oxygen atoms in total. The first kappa shape index (κ1) is 22.2. The molecule has 12 heteroatoms. The molecule has 0 fully saturated rings. The van der Waals surface area contributed by atoms with Crippen molar-refractivity contribution in [2.24, 2.45) is 0 Å². The molecule has 0 bridgehead atoms. The number of carbonyl (C=O) groups excluding carboxylic acids is 1. The summed E-state index contributed by atoms with van der Waals surface area (Å²) in [6.07, 6.45) is 1.47. The molecule has 0 saturated carbocycles. The fraction of sp³-hybridized carbons (Fsp3) is 0.143. The summed E-state index contributed by atoms with van der Waals surface area (Å²) in [5.41, 5.74) is 0.428. The van der Waals surface area contributed by atoms with Crippen LogP contribution < -0.4 is 14.8 Å². The largest absolute Gasteiger partial charge is 0.485 e. The number of para-hydroxylation sites is 1. The lowest BCUT2D eigenvalue weighted by Gasteiger charge is -2.08. The van der Waals surface area contributed by atoms with Gasteiger partial charge in [-0.1, -0.05) is 18.2 Å². The third kappa shape index (κ3) is 6.24. The Labute approximate surface area is 189 Å². The summed E-state index contributed by atoms with van der Waals surface area (Å²) in [6.45, 7) is -0.00425. The number of sulfonamides is 1. The first-order valence-corrected chi connectivity index (χ1v) is 11.3. The molecule has 33 heavy (non-hydrogen) atoms. The van der Waals surface area contributed by atoms with E-state index >= 15 is 0 Å². The lowest BCUT2D eigenvalue weighted by Crippen LogP contribution is -2.23. The van der Waals surface area contributed by atoms with Crippen LogP contribution in [0, 0.1) is 0 Å². The Hall–Kier alpha value is -4.03. The van der Waals surface area contributed by atoms with E-state index in [9.17, 15) is 13.2 Å². The predicted molar refractivity (Wildman–Crippen MR) is 116 cm³/mol. The second-order valence-corrected chi connectivity index (χ2v) is 8.58. The standard InChI is InChI=1S/C21H20N6O5S/c28-21(14-27-25-20(24-26-27)15-32-17-5-2-1-3-6-17)23-16-8-10-19(11-9-16)33(29,30)22-13-18-7-4-12-31-18/h1-12,22H,13-15H2,(H,23,28). The van der Waals surface area contributed by atoms with Gasteiger partial charge in [0.05, 0.1) is 17.7 Å². The summed E-state index contributed by atoms with van der Waals surface area (Å²) in [7, 11) is -3.72. The zero-order chi connectivity index (χ0) is 23.1. The van der Waals surface area contributed by atoms with Crippen molar-refractivity contribution < 1.29 is 22.4 Å². The Balaban J connectivity index is 1.27. The molecule has 2 aromatic carbocycles. The van der Waals surface area contributed by atoms with E-state index in [0.29, 0.717) is 23.0 Å². The number of ether oxygens (including phenoxy) is 1. The molecule has 2 aromatic heterocycles. The normalized spacial score (nSPS) is 11.3. The number of amides is 1. The SMILES string of the molecule is O=C(Cn1nnc(COc2ccccc2)n1)Nc1ccc(S(=O)(=O)NCc2ccco2)cc1. The van der Waals surface area contributed by atoms with Crippen LogP contribution in [0.1, 0.15) is 11.6 Å². The Bertz CT molecular complexity index is 1290. The van der Waals surface area contributed by atoms with E-state index in [1.54, 1.807) is 12.1 Å². The summed E-state index contributed by atoms with van der Waals surface area (Å²) in [4.78, 5) is 13.5. The van der Waals surface area contributed by atoms with Gasteiger partial charge in [0.1, 0.15) is 18.1 Å². The number of furan rings is 1. The van der Waals surface area contributed by atoms with E-state index in [2.05, 4.69) is 25.4 Å². The summed E-state index contributed by atoms with van der Waals surface area (Å²) in [5, 5.41) is 14.5. The van der Waals surface area contributed by atoms with Gasteiger partial charge in [0.25, 0.3) is 0 Å². The van der Waals surface area contributed by atoms with Crippen LogP contribution in [-0.2, 0) is 34.5 Å². The highest BCUT2D eigenvalue weighted by Crippen LogP contribution is 2.15. The molecule has 0 atom stereocenters. The molecule has 0 unspecified atom stereocenters. The van der Waals surface area contributed by atoms with Gasteiger partial charge in [0, 0.05) is 5.69 Å². The average Bonchev–Trinajstić information content (AvgIpc) is 3.50. The van der Waals surface area contributed by atoms with Crippen molar-refractivity contribution in [3.63, 3.8) is 0 Å². The molecule has 0 radical (unpaired) electrons. The minimum atomic E-state index is -3.72. The molecule has 2 heterocycles. The van der Waals surface area contributed by atoms with Crippen molar-refractivity contribution in [3.8, 4) is 5.75 Å². The number of tetrazole rings is 1. The van der Waals surface area contributed by atoms with E-state index in [1.807, 2.05) is 30.3 Å². The number of hydrogen-bond donors (Lipinski definition) is 2. The molecule has 2 N–H and O–H groups in total. The van der Waals surface area contributed by atoms with Gasteiger partial charge in [-0.05, 0) is 53.7 Å². The van der Waals surface area contributed by atoms with Crippen LogP contribution in [0.4, 0.5) is 5.69 Å². The van der Waals surface area contributed by atoms with Crippen molar-refractivity contribution in [2.45, 2.75) is 24.6 Å². The van der Waals surface area contributed by atoms with Gasteiger partial charge >= 0.3 is 0 Å². The summed E-state index contributed by atoms with van der Waals surface area (Å²) >= 11 is 0. The topological polar surface area (TPSA) is 141 Å². The van der Waals surface area contributed by atoms with Gasteiger partial charge in [-0.25, -0.2) is 13.1 Å². The molecule has 0 spiro atoms. The fourth-order valence-corrected chi connectivity index (χ4v) is 3.77. The average molecular weight is 468 g/mol. The Morgan fingerprint density at radius 3 is 2.55 bits per heavy atom. The van der Waals surface area contributed by atoms with Gasteiger partial charge in [-0.2, -0.15) is 4.80 Å². The Morgan fingerprint density at radius 1 is 1.03 bits per heavy atom. The quantitative estimate of drug-likeness (QED) is 0.360. The minimum absolute atomic E-state index is 0.0388. The zero-order valence-corrected chi connectivity index (χ0v) is 18.1. The van der Waals surface area contributed by atoms with Crippen molar-refractivity contribution >= 4 is 21.6 Å². The summed E-state index contributed by atoms with van der Waals surface area (Å²) in [5.74, 6) is 1.12. The first-order chi connectivity index (χ1) is 16.0. The van der Waals surface area contributed by atoms with Gasteiger partial charge < -0.3 is 14.5 Å². The number of nitrogens with zero attached hydrogens (tertiary/aromatic N) is 4. The van der Waals surface area contributed by atoms with E-state index < -0.39 is 15.9 Å². The molecule has 0 aliphatic heterocycles. The number of anilines is 1. The highest BCUT2D eigenvalue weighted by Gasteiger charge is 2.15. The molecule has 1 amide bonds. The molecule has 0 aliphatic carbocycles.